The summed E-state index contributed by atoms with van der Waals surface area (Å²) in [6.45, 7) is 1.85. The molecule has 1 unspecified atom stereocenters. The minimum absolute atomic E-state index is 0.717. The van der Waals surface area contributed by atoms with Gasteiger partial charge in [-0.15, -0.1) is 0 Å². The SMILES string of the molecule is CC(N)(c1ccccc1)[C@@H](O)c1ccccc1. The highest BCUT2D eigenvalue weighted by molar-refractivity contribution is 5.29. The molecular formula is C15H17NO. The van der Waals surface area contributed by atoms with Gasteiger partial charge in [-0.05, 0) is 18.1 Å². The molecule has 17 heavy (non-hydrogen) atoms. The van der Waals surface area contributed by atoms with E-state index < -0.39 is 11.6 Å². The normalized spacial score (nSPS) is 16.2. The molecule has 0 radical (unpaired) electrons. The Kier molecular flexibility index (Phi) is 3.27. The molecule has 2 aromatic rings. The van der Waals surface area contributed by atoms with Crippen molar-refractivity contribution in [3.63, 3.8) is 0 Å². The fourth-order valence-corrected chi connectivity index (χ4v) is 1.94. The van der Waals surface area contributed by atoms with Crippen molar-refractivity contribution < 1.29 is 5.11 Å². The summed E-state index contributed by atoms with van der Waals surface area (Å²) >= 11 is 0. The Hall–Kier alpha value is -1.64. The van der Waals surface area contributed by atoms with Crippen molar-refractivity contribution in [2.24, 2.45) is 5.73 Å². The maximum absolute atomic E-state index is 10.4. The number of aliphatic hydroxyl groups is 1. The predicted octanol–water partition coefficient (Wildman–Crippen LogP) is 2.59. The van der Waals surface area contributed by atoms with Gasteiger partial charge in [0.2, 0.25) is 0 Å². The Labute approximate surface area is 102 Å². The van der Waals surface area contributed by atoms with Crippen molar-refractivity contribution in [3.05, 3.63) is 71.8 Å². The lowest BCUT2D eigenvalue weighted by Crippen LogP contribution is -2.39. The van der Waals surface area contributed by atoms with Crippen LogP contribution >= 0.6 is 0 Å². The maximum atomic E-state index is 10.4. The number of benzene rings is 2. The van der Waals surface area contributed by atoms with E-state index in [4.69, 9.17) is 5.73 Å². The molecular weight excluding hydrogens is 210 g/mol. The van der Waals surface area contributed by atoms with Gasteiger partial charge in [0.15, 0.2) is 0 Å². The highest BCUT2D eigenvalue weighted by atomic mass is 16.3. The van der Waals surface area contributed by atoms with Crippen molar-refractivity contribution >= 4 is 0 Å². The molecule has 0 fully saturated rings. The molecule has 0 saturated heterocycles. The summed E-state index contributed by atoms with van der Waals surface area (Å²) in [4.78, 5) is 0. The van der Waals surface area contributed by atoms with E-state index in [1.54, 1.807) is 0 Å². The Bertz CT molecular complexity index is 465. The average molecular weight is 227 g/mol. The minimum Gasteiger partial charge on any atom is -0.386 e. The number of hydrogen-bond donors (Lipinski definition) is 2. The molecule has 2 atom stereocenters. The van der Waals surface area contributed by atoms with Crippen LogP contribution in [0.15, 0.2) is 60.7 Å². The van der Waals surface area contributed by atoms with Crippen LogP contribution in [0.5, 0.6) is 0 Å². The second-order valence-electron chi connectivity index (χ2n) is 4.46. The first kappa shape index (κ1) is 11.8. The number of aliphatic hydroxyl groups excluding tert-OH is 1. The van der Waals surface area contributed by atoms with E-state index in [-0.39, 0.29) is 0 Å². The largest absolute Gasteiger partial charge is 0.386 e. The quantitative estimate of drug-likeness (QED) is 0.846. The molecule has 3 N–H and O–H groups in total. The Morgan fingerprint density at radius 3 is 1.94 bits per heavy atom. The highest BCUT2D eigenvalue weighted by Gasteiger charge is 2.31. The van der Waals surface area contributed by atoms with Gasteiger partial charge in [-0.25, -0.2) is 0 Å². The van der Waals surface area contributed by atoms with Gasteiger partial charge in [0.05, 0.1) is 5.54 Å². The van der Waals surface area contributed by atoms with Crippen molar-refractivity contribution in [1.29, 1.82) is 0 Å². The van der Waals surface area contributed by atoms with Gasteiger partial charge >= 0.3 is 0 Å². The van der Waals surface area contributed by atoms with Gasteiger partial charge in [-0.2, -0.15) is 0 Å². The van der Waals surface area contributed by atoms with Gasteiger partial charge in [-0.1, -0.05) is 60.7 Å². The molecule has 88 valence electrons. The van der Waals surface area contributed by atoms with Crippen LogP contribution in [0, 0.1) is 0 Å². The van der Waals surface area contributed by atoms with Crippen LogP contribution in [0.1, 0.15) is 24.2 Å². The lowest BCUT2D eigenvalue weighted by Gasteiger charge is -2.31. The van der Waals surface area contributed by atoms with Crippen LogP contribution in [0.3, 0.4) is 0 Å². The summed E-state index contributed by atoms with van der Waals surface area (Å²) < 4.78 is 0. The monoisotopic (exact) mass is 227 g/mol. The van der Waals surface area contributed by atoms with Gasteiger partial charge in [-0.3, -0.25) is 0 Å². The van der Waals surface area contributed by atoms with Crippen molar-refractivity contribution in [1.82, 2.24) is 0 Å². The van der Waals surface area contributed by atoms with Crippen LogP contribution in [-0.2, 0) is 5.54 Å². The molecule has 2 heteroatoms. The van der Waals surface area contributed by atoms with Crippen molar-refractivity contribution in [2.45, 2.75) is 18.6 Å². The molecule has 2 nitrogen and oxygen atoms in total. The standard InChI is InChI=1S/C15H17NO/c1-15(16,13-10-6-3-7-11-13)14(17)12-8-4-2-5-9-12/h2-11,14,17H,16H2,1H3/t14-,15?/m0/s1. The molecule has 0 aromatic heterocycles. The predicted molar refractivity (Wildman–Crippen MR) is 69.4 cm³/mol. The molecule has 0 aliphatic carbocycles. The first-order valence-electron chi connectivity index (χ1n) is 5.70. The van der Waals surface area contributed by atoms with Gasteiger partial charge in [0.25, 0.3) is 0 Å². The van der Waals surface area contributed by atoms with Crippen LogP contribution in [-0.4, -0.2) is 5.11 Å². The van der Waals surface area contributed by atoms with Crippen molar-refractivity contribution in [3.8, 4) is 0 Å². The highest BCUT2D eigenvalue weighted by Crippen LogP contribution is 2.32. The zero-order chi connectivity index (χ0) is 12.3. The van der Waals surface area contributed by atoms with E-state index in [0.717, 1.165) is 11.1 Å². The molecule has 0 bridgehead atoms. The van der Waals surface area contributed by atoms with E-state index in [1.807, 2.05) is 67.6 Å². The van der Waals surface area contributed by atoms with E-state index in [9.17, 15) is 5.11 Å². The molecule has 2 aromatic carbocycles. The summed E-state index contributed by atoms with van der Waals surface area (Å²) in [6.07, 6.45) is -0.717. The zero-order valence-corrected chi connectivity index (χ0v) is 9.88. The summed E-state index contributed by atoms with van der Waals surface area (Å²) in [7, 11) is 0. The van der Waals surface area contributed by atoms with Crippen molar-refractivity contribution in [2.75, 3.05) is 0 Å². The molecule has 2 rings (SSSR count). The Morgan fingerprint density at radius 2 is 1.41 bits per heavy atom. The molecule has 0 aliphatic rings. The second kappa shape index (κ2) is 4.70. The van der Waals surface area contributed by atoms with Crippen LogP contribution in [0.25, 0.3) is 0 Å². The fraction of sp³-hybridized carbons (Fsp3) is 0.200. The van der Waals surface area contributed by atoms with Crippen LogP contribution in [0.2, 0.25) is 0 Å². The first-order chi connectivity index (χ1) is 8.12. The third-order valence-corrected chi connectivity index (χ3v) is 3.08. The summed E-state index contributed by atoms with van der Waals surface area (Å²) in [5.74, 6) is 0. The topological polar surface area (TPSA) is 46.2 Å². The fourth-order valence-electron chi connectivity index (χ4n) is 1.94. The van der Waals surface area contributed by atoms with E-state index in [2.05, 4.69) is 0 Å². The number of hydrogen-bond acceptors (Lipinski definition) is 2. The summed E-state index contributed by atoms with van der Waals surface area (Å²) in [5.41, 5.74) is 7.24. The smallest absolute Gasteiger partial charge is 0.101 e. The van der Waals surface area contributed by atoms with E-state index >= 15 is 0 Å². The lowest BCUT2D eigenvalue weighted by molar-refractivity contribution is 0.0932. The van der Waals surface area contributed by atoms with Crippen LogP contribution < -0.4 is 5.73 Å². The number of rotatable bonds is 3. The van der Waals surface area contributed by atoms with E-state index in [1.165, 1.54) is 0 Å². The maximum Gasteiger partial charge on any atom is 0.101 e. The Morgan fingerprint density at radius 1 is 0.941 bits per heavy atom. The summed E-state index contributed by atoms with van der Waals surface area (Å²) in [5, 5.41) is 10.4. The zero-order valence-electron chi connectivity index (χ0n) is 9.88. The van der Waals surface area contributed by atoms with Gasteiger partial charge in [0.1, 0.15) is 6.10 Å². The number of nitrogens with two attached hydrogens (primary N) is 1. The second-order valence-corrected chi connectivity index (χ2v) is 4.46. The third kappa shape index (κ3) is 2.38. The molecule has 0 spiro atoms. The van der Waals surface area contributed by atoms with Crippen LogP contribution in [0.4, 0.5) is 0 Å². The molecule has 0 heterocycles. The molecule has 0 saturated carbocycles. The third-order valence-electron chi connectivity index (χ3n) is 3.08. The first-order valence-corrected chi connectivity index (χ1v) is 5.70. The molecule has 0 aliphatic heterocycles. The average Bonchev–Trinajstić information content (AvgIpc) is 2.40. The van der Waals surface area contributed by atoms with Gasteiger partial charge < -0.3 is 10.8 Å². The molecule has 0 amide bonds. The minimum atomic E-state index is -0.789. The van der Waals surface area contributed by atoms with E-state index in [0.29, 0.717) is 0 Å². The van der Waals surface area contributed by atoms with Gasteiger partial charge in [0, 0.05) is 0 Å². The lowest BCUT2D eigenvalue weighted by atomic mass is 9.84. The Balaban J connectivity index is 2.33. The summed E-state index contributed by atoms with van der Waals surface area (Å²) in [6, 6.07) is 19.2.